The molecule has 1 unspecified atom stereocenters. The number of aryl methyl sites for hydroxylation is 1. The van der Waals surface area contributed by atoms with Gasteiger partial charge in [0.05, 0.1) is 10.9 Å². The van der Waals surface area contributed by atoms with E-state index in [2.05, 4.69) is 21.5 Å². The van der Waals surface area contributed by atoms with Gasteiger partial charge in [-0.15, -0.1) is 6.58 Å². The number of pyridine rings is 1. The molecule has 0 spiro atoms. The number of allylic oxidation sites excluding steroid dienone is 1. The molecule has 3 aromatic rings. The van der Waals surface area contributed by atoms with Crippen LogP contribution in [0.4, 0.5) is 11.8 Å². The Morgan fingerprint density at radius 2 is 1.96 bits per heavy atom. The van der Waals surface area contributed by atoms with Crippen LogP contribution in [0.1, 0.15) is 39.4 Å². The number of nitrogens with two attached hydrogens (primary N) is 2. The van der Waals surface area contributed by atoms with E-state index in [0.717, 1.165) is 23.1 Å². The first-order valence-electron chi connectivity index (χ1n) is 8.52. The van der Waals surface area contributed by atoms with Crippen LogP contribution in [0, 0.1) is 6.92 Å². The number of carboxylic acids is 1. The summed E-state index contributed by atoms with van der Waals surface area (Å²) in [6.45, 7) is 5.81. The van der Waals surface area contributed by atoms with Crippen LogP contribution in [0.15, 0.2) is 43.1 Å². The highest BCUT2D eigenvalue weighted by atomic mass is 16.4. The lowest BCUT2D eigenvalue weighted by Gasteiger charge is -2.18. The van der Waals surface area contributed by atoms with Gasteiger partial charge >= 0.3 is 5.97 Å². The SMILES string of the molecule is C=CCC(Cc1cnc2nc(N)nc(N)c2c1C)c1ccc(C(=O)O)cc1. The average molecular weight is 363 g/mol. The molecule has 2 aromatic heterocycles. The maximum absolute atomic E-state index is 11.1. The summed E-state index contributed by atoms with van der Waals surface area (Å²) >= 11 is 0. The van der Waals surface area contributed by atoms with Crippen LogP contribution in [-0.4, -0.2) is 26.0 Å². The summed E-state index contributed by atoms with van der Waals surface area (Å²) in [5.41, 5.74) is 15.5. The Balaban J connectivity index is 1.98. The summed E-state index contributed by atoms with van der Waals surface area (Å²) in [7, 11) is 0. The summed E-state index contributed by atoms with van der Waals surface area (Å²) in [4.78, 5) is 23.6. The number of carboxylic acid groups (broad SMARTS) is 1. The van der Waals surface area contributed by atoms with E-state index in [0.29, 0.717) is 23.3 Å². The number of carbonyl (C=O) groups is 1. The van der Waals surface area contributed by atoms with Gasteiger partial charge in [-0.3, -0.25) is 0 Å². The predicted molar refractivity (Wildman–Crippen MR) is 106 cm³/mol. The second-order valence-corrected chi connectivity index (χ2v) is 6.43. The van der Waals surface area contributed by atoms with Crippen LogP contribution >= 0.6 is 0 Å². The molecule has 0 saturated heterocycles. The molecule has 3 rings (SSSR count). The first kappa shape index (κ1) is 18.3. The van der Waals surface area contributed by atoms with Crippen LogP contribution in [0.5, 0.6) is 0 Å². The van der Waals surface area contributed by atoms with E-state index in [4.69, 9.17) is 16.6 Å². The Kier molecular flexibility index (Phi) is 5.03. The number of aromatic nitrogens is 3. The lowest BCUT2D eigenvalue weighted by molar-refractivity contribution is 0.0697. The van der Waals surface area contributed by atoms with Crippen molar-refractivity contribution in [2.45, 2.75) is 25.7 Å². The number of benzene rings is 1. The van der Waals surface area contributed by atoms with E-state index in [-0.39, 0.29) is 17.4 Å². The van der Waals surface area contributed by atoms with E-state index >= 15 is 0 Å². The van der Waals surface area contributed by atoms with E-state index in [1.807, 2.05) is 25.1 Å². The summed E-state index contributed by atoms with van der Waals surface area (Å²) in [6.07, 6.45) is 5.09. The van der Waals surface area contributed by atoms with Crippen LogP contribution in [0.25, 0.3) is 11.0 Å². The predicted octanol–water partition coefficient (Wildman–Crippen LogP) is 3.10. The molecular formula is C20H21N5O2. The summed E-state index contributed by atoms with van der Waals surface area (Å²) in [5.74, 6) is -0.386. The fourth-order valence-corrected chi connectivity index (χ4v) is 3.24. The van der Waals surface area contributed by atoms with Crippen molar-refractivity contribution in [3.05, 3.63) is 65.4 Å². The minimum Gasteiger partial charge on any atom is -0.478 e. The molecule has 5 N–H and O–H groups in total. The number of rotatable bonds is 6. The van der Waals surface area contributed by atoms with Gasteiger partial charge in [0.25, 0.3) is 0 Å². The topological polar surface area (TPSA) is 128 Å². The largest absolute Gasteiger partial charge is 0.478 e. The highest BCUT2D eigenvalue weighted by Crippen LogP contribution is 2.30. The number of hydrogen-bond acceptors (Lipinski definition) is 6. The maximum atomic E-state index is 11.1. The van der Waals surface area contributed by atoms with E-state index < -0.39 is 5.97 Å². The highest BCUT2D eigenvalue weighted by Gasteiger charge is 2.17. The standard InChI is InChI=1S/C20H21N5O2/c1-3-4-14(12-5-7-13(8-6-12)19(26)27)9-15-10-23-18-16(11(15)2)17(21)24-20(22)25-18/h3,5-8,10,14H,1,4,9H2,2H3,(H,26,27)(H4,21,22,23,24,25). The molecule has 0 fully saturated rings. The molecule has 7 nitrogen and oxygen atoms in total. The van der Waals surface area contributed by atoms with Crippen molar-refractivity contribution in [1.82, 2.24) is 15.0 Å². The van der Waals surface area contributed by atoms with Crippen LogP contribution in [0.3, 0.4) is 0 Å². The van der Waals surface area contributed by atoms with Gasteiger partial charge in [0.15, 0.2) is 5.65 Å². The van der Waals surface area contributed by atoms with Crippen LogP contribution in [-0.2, 0) is 6.42 Å². The third-order valence-electron chi connectivity index (χ3n) is 4.68. The summed E-state index contributed by atoms with van der Waals surface area (Å²) in [6, 6.07) is 6.93. The Hall–Kier alpha value is -3.48. The van der Waals surface area contributed by atoms with Gasteiger partial charge < -0.3 is 16.6 Å². The molecule has 1 atom stereocenters. The monoisotopic (exact) mass is 363 g/mol. The zero-order valence-electron chi connectivity index (χ0n) is 15.0. The van der Waals surface area contributed by atoms with E-state index in [1.54, 1.807) is 18.3 Å². The van der Waals surface area contributed by atoms with Crippen molar-refractivity contribution in [3.63, 3.8) is 0 Å². The van der Waals surface area contributed by atoms with Gasteiger partial charge in [-0.2, -0.15) is 9.97 Å². The Labute approximate surface area is 156 Å². The number of anilines is 2. The van der Waals surface area contributed by atoms with E-state index in [9.17, 15) is 4.79 Å². The van der Waals surface area contributed by atoms with Gasteiger partial charge in [0.2, 0.25) is 5.95 Å². The van der Waals surface area contributed by atoms with Crippen molar-refractivity contribution >= 4 is 28.8 Å². The van der Waals surface area contributed by atoms with Gasteiger partial charge in [-0.1, -0.05) is 18.2 Å². The number of fused-ring (bicyclic) bond motifs is 1. The Morgan fingerprint density at radius 3 is 2.59 bits per heavy atom. The minimum absolute atomic E-state index is 0.0997. The zero-order valence-corrected chi connectivity index (χ0v) is 15.0. The smallest absolute Gasteiger partial charge is 0.335 e. The third-order valence-corrected chi connectivity index (χ3v) is 4.68. The van der Waals surface area contributed by atoms with Gasteiger partial charge in [0, 0.05) is 6.20 Å². The highest BCUT2D eigenvalue weighted by molar-refractivity contribution is 5.90. The average Bonchev–Trinajstić information content (AvgIpc) is 2.63. The van der Waals surface area contributed by atoms with Gasteiger partial charge in [-0.05, 0) is 54.5 Å². The summed E-state index contributed by atoms with van der Waals surface area (Å²) < 4.78 is 0. The second-order valence-electron chi connectivity index (χ2n) is 6.43. The molecule has 0 amide bonds. The molecule has 0 radical (unpaired) electrons. The zero-order chi connectivity index (χ0) is 19.6. The number of hydrogen-bond donors (Lipinski definition) is 3. The molecule has 0 aliphatic rings. The molecular weight excluding hydrogens is 342 g/mol. The molecule has 1 aromatic carbocycles. The number of nitrogens with zero attached hydrogens (tertiary/aromatic N) is 3. The quantitative estimate of drug-likeness (QED) is 0.574. The molecule has 138 valence electrons. The van der Waals surface area contributed by atoms with Crippen molar-refractivity contribution in [2.75, 3.05) is 11.5 Å². The Morgan fingerprint density at radius 1 is 1.26 bits per heavy atom. The third kappa shape index (κ3) is 3.72. The first-order chi connectivity index (χ1) is 12.9. The normalized spacial score (nSPS) is 12.0. The number of aromatic carboxylic acids is 1. The minimum atomic E-state index is -0.939. The molecule has 0 aliphatic carbocycles. The second kappa shape index (κ2) is 7.41. The molecule has 0 aliphatic heterocycles. The summed E-state index contributed by atoms with van der Waals surface area (Å²) in [5, 5.41) is 9.79. The van der Waals surface area contributed by atoms with Gasteiger partial charge in [-0.25, -0.2) is 9.78 Å². The maximum Gasteiger partial charge on any atom is 0.335 e. The van der Waals surface area contributed by atoms with Crippen molar-refractivity contribution < 1.29 is 9.90 Å². The Bertz CT molecular complexity index is 1020. The molecule has 27 heavy (non-hydrogen) atoms. The van der Waals surface area contributed by atoms with Crippen molar-refractivity contribution in [1.29, 1.82) is 0 Å². The van der Waals surface area contributed by atoms with Crippen LogP contribution in [0.2, 0.25) is 0 Å². The molecule has 0 saturated carbocycles. The first-order valence-corrected chi connectivity index (χ1v) is 8.52. The van der Waals surface area contributed by atoms with E-state index in [1.165, 1.54) is 0 Å². The molecule has 2 heterocycles. The lowest BCUT2D eigenvalue weighted by atomic mass is 9.87. The fourth-order valence-electron chi connectivity index (χ4n) is 3.24. The lowest BCUT2D eigenvalue weighted by Crippen LogP contribution is -2.08. The number of nitrogen functional groups attached to an aromatic ring is 2. The fraction of sp³-hybridized carbons (Fsp3) is 0.200. The van der Waals surface area contributed by atoms with Crippen LogP contribution < -0.4 is 11.5 Å². The van der Waals surface area contributed by atoms with Crippen molar-refractivity contribution in [3.8, 4) is 0 Å². The molecule has 0 bridgehead atoms. The molecule has 7 heteroatoms. The van der Waals surface area contributed by atoms with Gasteiger partial charge in [0.1, 0.15) is 5.82 Å². The van der Waals surface area contributed by atoms with Crippen molar-refractivity contribution in [2.24, 2.45) is 0 Å².